The fourth-order valence-corrected chi connectivity index (χ4v) is 1.46. The van der Waals surface area contributed by atoms with Gasteiger partial charge >= 0.3 is 0 Å². The third-order valence-electron chi connectivity index (χ3n) is 2.32. The van der Waals surface area contributed by atoms with E-state index >= 15 is 0 Å². The number of halogens is 1. The van der Waals surface area contributed by atoms with E-state index in [1.54, 1.807) is 14.2 Å². The van der Waals surface area contributed by atoms with Gasteiger partial charge in [0.15, 0.2) is 0 Å². The fraction of sp³-hybridized carbons (Fsp3) is 0.455. The molecule has 1 rings (SSSR count). The molecule has 0 bridgehead atoms. The normalized spacial score (nSPS) is 11.5. The van der Waals surface area contributed by atoms with Gasteiger partial charge in [0.1, 0.15) is 11.5 Å². The molecule has 0 fully saturated rings. The van der Waals surface area contributed by atoms with E-state index in [4.69, 9.17) is 20.9 Å². The second kappa shape index (κ2) is 7.33. The lowest BCUT2D eigenvalue weighted by atomic mass is 10.0. The molecule has 0 spiro atoms. The van der Waals surface area contributed by atoms with Crippen LogP contribution < -0.4 is 20.9 Å². The first-order valence-corrected chi connectivity index (χ1v) is 4.90. The zero-order valence-electron chi connectivity index (χ0n) is 9.60. The molecular formula is C11H19ClN2O2. The highest BCUT2D eigenvalue weighted by Crippen LogP contribution is 2.29. The molecule has 92 valence electrons. The van der Waals surface area contributed by atoms with Gasteiger partial charge in [-0.3, -0.25) is 0 Å². The maximum atomic E-state index is 5.97. The van der Waals surface area contributed by atoms with Gasteiger partial charge in [-0.2, -0.15) is 0 Å². The standard InChI is InChI=1S/C11H18N2O2.ClH/c1-14-8-3-4-9(10(13)5-6-12)11(7-8)15-2;/h3-4,7,10H,5-6,12-13H2,1-2H3;1H/t10-;/m1./s1. The Morgan fingerprint density at radius 1 is 1.25 bits per heavy atom. The van der Waals surface area contributed by atoms with E-state index in [2.05, 4.69) is 0 Å². The molecule has 16 heavy (non-hydrogen) atoms. The maximum absolute atomic E-state index is 5.97. The van der Waals surface area contributed by atoms with Crippen LogP contribution in [0.15, 0.2) is 18.2 Å². The van der Waals surface area contributed by atoms with Crippen molar-refractivity contribution >= 4 is 12.4 Å². The Morgan fingerprint density at radius 3 is 2.44 bits per heavy atom. The Kier molecular flexibility index (Phi) is 6.88. The molecule has 0 radical (unpaired) electrons. The van der Waals surface area contributed by atoms with Crippen molar-refractivity contribution < 1.29 is 9.47 Å². The minimum atomic E-state index is -0.0872. The van der Waals surface area contributed by atoms with E-state index in [0.717, 1.165) is 23.5 Å². The van der Waals surface area contributed by atoms with Crippen molar-refractivity contribution in [2.24, 2.45) is 11.5 Å². The average molecular weight is 247 g/mol. The SMILES string of the molecule is COc1ccc([C@H](N)CCN)c(OC)c1.Cl. The predicted molar refractivity (Wildman–Crippen MR) is 67.4 cm³/mol. The highest BCUT2D eigenvalue weighted by atomic mass is 35.5. The molecule has 0 saturated carbocycles. The minimum absolute atomic E-state index is 0. The molecule has 1 aromatic carbocycles. The van der Waals surface area contributed by atoms with Gasteiger partial charge in [0.2, 0.25) is 0 Å². The molecule has 0 amide bonds. The molecular weight excluding hydrogens is 228 g/mol. The second-order valence-corrected chi connectivity index (χ2v) is 3.29. The summed E-state index contributed by atoms with van der Waals surface area (Å²) in [5, 5.41) is 0. The van der Waals surface area contributed by atoms with E-state index in [1.807, 2.05) is 18.2 Å². The largest absolute Gasteiger partial charge is 0.497 e. The summed E-state index contributed by atoms with van der Waals surface area (Å²) in [6, 6.07) is 5.52. The molecule has 0 unspecified atom stereocenters. The number of hydrogen-bond acceptors (Lipinski definition) is 4. The highest BCUT2D eigenvalue weighted by Gasteiger charge is 2.11. The molecule has 0 saturated heterocycles. The first-order valence-electron chi connectivity index (χ1n) is 4.90. The Balaban J connectivity index is 0.00000225. The van der Waals surface area contributed by atoms with Gasteiger partial charge in [0, 0.05) is 17.7 Å². The van der Waals surface area contributed by atoms with Crippen molar-refractivity contribution in [2.45, 2.75) is 12.5 Å². The van der Waals surface area contributed by atoms with Crippen LogP contribution >= 0.6 is 12.4 Å². The van der Waals surface area contributed by atoms with Crippen molar-refractivity contribution in [3.8, 4) is 11.5 Å². The summed E-state index contributed by atoms with van der Waals surface area (Å²) >= 11 is 0. The van der Waals surface area contributed by atoms with Crippen molar-refractivity contribution in [1.29, 1.82) is 0 Å². The van der Waals surface area contributed by atoms with Crippen molar-refractivity contribution in [1.82, 2.24) is 0 Å². The van der Waals surface area contributed by atoms with Crippen molar-refractivity contribution in [3.05, 3.63) is 23.8 Å². The summed E-state index contributed by atoms with van der Waals surface area (Å²) in [6.45, 7) is 0.566. The summed E-state index contributed by atoms with van der Waals surface area (Å²) in [7, 11) is 3.24. The number of benzene rings is 1. The van der Waals surface area contributed by atoms with Crippen LogP contribution in [0.2, 0.25) is 0 Å². The van der Waals surface area contributed by atoms with Crippen LogP contribution in [-0.2, 0) is 0 Å². The molecule has 1 aromatic rings. The molecule has 0 heterocycles. The van der Waals surface area contributed by atoms with Crippen molar-refractivity contribution in [2.75, 3.05) is 20.8 Å². The summed E-state index contributed by atoms with van der Waals surface area (Å²) in [4.78, 5) is 0. The molecule has 0 aliphatic carbocycles. The number of nitrogens with two attached hydrogens (primary N) is 2. The molecule has 0 aromatic heterocycles. The zero-order valence-corrected chi connectivity index (χ0v) is 10.4. The van der Waals surface area contributed by atoms with Gasteiger partial charge in [0.25, 0.3) is 0 Å². The van der Waals surface area contributed by atoms with E-state index in [9.17, 15) is 0 Å². The summed E-state index contributed by atoms with van der Waals surface area (Å²) in [6.07, 6.45) is 0.739. The van der Waals surface area contributed by atoms with Crippen molar-refractivity contribution in [3.63, 3.8) is 0 Å². The van der Waals surface area contributed by atoms with Gasteiger partial charge in [-0.15, -0.1) is 12.4 Å². The van der Waals surface area contributed by atoms with Crippen LogP contribution in [0.5, 0.6) is 11.5 Å². The van der Waals surface area contributed by atoms with E-state index in [-0.39, 0.29) is 18.4 Å². The molecule has 0 aliphatic rings. The molecule has 5 heteroatoms. The fourth-order valence-electron chi connectivity index (χ4n) is 1.46. The average Bonchev–Trinajstić information content (AvgIpc) is 2.28. The quantitative estimate of drug-likeness (QED) is 0.826. The Bertz CT molecular complexity index is 321. The molecule has 1 atom stereocenters. The lowest BCUT2D eigenvalue weighted by Crippen LogP contribution is -2.16. The van der Waals surface area contributed by atoms with Gasteiger partial charge in [-0.05, 0) is 19.0 Å². The number of rotatable bonds is 5. The molecule has 0 aliphatic heterocycles. The van der Waals surface area contributed by atoms with Gasteiger partial charge < -0.3 is 20.9 Å². The Hall–Kier alpha value is -0.970. The summed E-state index contributed by atoms with van der Waals surface area (Å²) < 4.78 is 10.4. The minimum Gasteiger partial charge on any atom is -0.497 e. The van der Waals surface area contributed by atoms with Crippen LogP contribution in [0, 0.1) is 0 Å². The van der Waals surface area contributed by atoms with Crippen LogP contribution in [0.3, 0.4) is 0 Å². The summed E-state index contributed by atoms with van der Waals surface area (Å²) in [5.41, 5.74) is 12.4. The third kappa shape index (κ3) is 3.56. The lowest BCUT2D eigenvalue weighted by molar-refractivity contribution is 0.387. The maximum Gasteiger partial charge on any atom is 0.127 e. The smallest absolute Gasteiger partial charge is 0.127 e. The van der Waals surface area contributed by atoms with Crippen LogP contribution in [0.4, 0.5) is 0 Å². The molecule has 4 N–H and O–H groups in total. The highest BCUT2D eigenvalue weighted by molar-refractivity contribution is 5.85. The Labute approximate surface area is 102 Å². The monoisotopic (exact) mass is 246 g/mol. The van der Waals surface area contributed by atoms with Gasteiger partial charge in [0.05, 0.1) is 14.2 Å². The first kappa shape index (κ1) is 15.0. The predicted octanol–water partition coefficient (Wildman–Crippen LogP) is 1.47. The summed E-state index contributed by atoms with van der Waals surface area (Å²) in [5.74, 6) is 1.51. The van der Waals surface area contributed by atoms with Gasteiger partial charge in [-0.1, -0.05) is 6.07 Å². The number of hydrogen-bond donors (Lipinski definition) is 2. The van der Waals surface area contributed by atoms with Gasteiger partial charge in [-0.25, -0.2) is 0 Å². The number of methoxy groups -OCH3 is 2. The third-order valence-corrected chi connectivity index (χ3v) is 2.32. The van der Waals surface area contributed by atoms with E-state index < -0.39 is 0 Å². The van der Waals surface area contributed by atoms with Crippen LogP contribution in [-0.4, -0.2) is 20.8 Å². The van der Waals surface area contributed by atoms with Crippen LogP contribution in [0.1, 0.15) is 18.0 Å². The molecule has 4 nitrogen and oxygen atoms in total. The Morgan fingerprint density at radius 2 is 1.94 bits per heavy atom. The zero-order chi connectivity index (χ0) is 11.3. The number of ether oxygens (including phenoxy) is 2. The first-order chi connectivity index (χ1) is 7.22. The second-order valence-electron chi connectivity index (χ2n) is 3.29. The van der Waals surface area contributed by atoms with Crippen LogP contribution in [0.25, 0.3) is 0 Å². The topological polar surface area (TPSA) is 70.5 Å². The van der Waals surface area contributed by atoms with E-state index in [0.29, 0.717) is 6.54 Å². The lowest BCUT2D eigenvalue weighted by Gasteiger charge is -2.15. The van der Waals surface area contributed by atoms with E-state index in [1.165, 1.54) is 0 Å².